The summed E-state index contributed by atoms with van der Waals surface area (Å²) in [6.45, 7) is 11.3. The van der Waals surface area contributed by atoms with Gasteiger partial charge in [0.05, 0.1) is 34.4 Å². The summed E-state index contributed by atoms with van der Waals surface area (Å²) in [7, 11) is 3.40. The lowest BCUT2D eigenvalue weighted by atomic mass is 9.75. The van der Waals surface area contributed by atoms with E-state index in [0.29, 0.717) is 66.9 Å². The van der Waals surface area contributed by atoms with Crippen LogP contribution in [0.15, 0.2) is 128 Å². The minimum Gasteiger partial charge on any atom is -0.529 e. The summed E-state index contributed by atoms with van der Waals surface area (Å²) >= 11 is 0. The van der Waals surface area contributed by atoms with E-state index in [4.69, 9.17) is 32.8 Å². The first kappa shape index (κ1) is 50.7. The fourth-order valence-corrected chi connectivity index (χ4v) is 14.9. The Labute approximate surface area is 411 Å². The molecule has 10 nitrogen and oxygen atoms in total. The lowest BCUT2D eigenvalue weighted by Gasteiger charge is -2.43. The third kappa shape index (κ3) is 11.5. The molecule has 0 aromatic heterocycles. The van der Waals surface area contributed by atoms with Crippen molar-refractivity contribution < 1.29 is 42.4 Å². The van der Waals surface area contributed by atoms with E-state index in [-0.39, 0.29) is 16.9 Å². The van der Waals surface area contributed by atoms with Gasteiger partial charge in [-0.05, 0) is 119 Å². The molecule has 3 atom stereocenters. The number of amides is 1. The van der Waals surface area contributed by atoms with Gasteiger partial charge in [0.15, 0.2) is 28.7 Å². The molecule has 0 bridgehead atoms. The minimum absolute atomic E-state index is 0.0512. The molecule has 1 saturated heterocycles. The molecule has 0 spiro atoms. The van der Waals surface area contributed by atoms with Crippen molar-refractivity contribution in [1.29, 1.82) is 0 Å². The van der Waals surface area contributed by atoms with Gasteiger partial charge in [0.25, 0.3) is 0 Å². The van der Waals surface area contributed by atoms with Crippen LogP contribution in [0.3, 0.4) is 0 Å². The lowest BCUT2D eigenvalue weighted by Crippen LogP contribution is -2.68. The van der Waals surface area contributed by atoms with E-state index in [1.54, 1.807) is 34.5 Å². The number of benzene rings is 5. The molecule has 2 unspecified atom stereocenters. The van der Waals surface area contributed by atoms with E-state index >= 15 is 4.79 Å². The number of esters is 1. The molecule has 11 heteroatoms. The Morgan fingerprint density at radius 2 is 1.32 bits per heavy atom. The first-order valence-corrected chi connectivity index (χ1v) is 26.5. The summed E-state index contributed by atoms with van der Waals surface area (Å²) in [6.07, 6.45) is 9.21. The third-order valence-corrected chi connectivity index (χ3v) is 18.9. The molecule has 1 amide bonds. The zero-order valence-corrected chi connectivity index (χ0v) is 42.7. The number of hydrogen-bond acceptors (Lipinski definition) is 9. The number of carbonyl (C=O) groups excluding carboxylic acids is 2. The first-order chi connectivity index (χ1) is 33.5. The molecular formula is C58H71NO9Si. The maximum Gasteiger partial charge on any atom is 0.329 e. The average Bonchev–Trinajstić information content (AvgIpc) is 3.38. The highest BCUT2D eigenvalue weighted by Crippen LogP contribution is 2.48. The molecule has 5 aromatic carbocycles. The SMILES string of the molecule is C=CCOc1cccc(C(CCc2ccc(OC)c(OC)c2)OC(=O)C2CCCCN2C(=O)[C@H](c2cc(OC)c(O[Si](c3ccccc3)(c3ccccc3)C(C)(C)C)c(OC)c2)C2CCCCC2)c1. The lowest BCUT2D eigenvalue weighted by molar-refractivity contribution is -0.163. The van der Waals surface area contributed by atoms with Crippen LogP contribution in [-0.2, 0) is 20.7 Å². The first-order valence-electron chi connectivity index (χ1n) is 24.6. The Hall–Kier alpha value is -6.20. The highest BCUT2D eigenvalue weighted by atomic mass is 28.4. The van der Waals surface area contributed by atoms with Crippen molar-refractivity contribution >= 4 is 30.6 Å². The van der Waals surface area contributed by atoms with Crippen LogP contribution >= 0.6 is 0 Å². The Bertz CT molecular complexity index is 2420. The number of aryl methyl sites for hydroxylation is 1. The van der Waals surface area contributed by atoms with E-state index in [0.717, 1.165) is 72.0 Å². The number of methoxy groups -OCH3 is 4. The third-order valence-electron chi connectivity index (χ3n) is 14.0. The number of hydrogen-bond donors (Lipinski definition) is 0. The monoisotopic (exact) mass is 953 g/mol. The fourth-order valence-electron chi connectivity index (χ4n) is 10.5. The number of likely N-dealkylation sites (tertiary alicyclic amines) is 1. The van der Waals surface area contributed by atoms with Gasteiger partial charge in [-0.2, -0.15) is 0 Å². The Kier molecular flexibility index (Phi) is 17.2. The number of nitrogens with zero attached hydrogens (tertiary/aromatic N) is 1. The molecule has 0 radical (unpaired) electrons. The zero-order chi connectivity index (χ0) is 49.0. The van der Waals surface area contributed by atoms with Crippen molar-refractivity contribution in [2.75, 3.05) is 41.6 Å². The molecule has 5 aromatic rings. The maximum atomic E-state index is 15.6. The number of piperidine rings is 1. The molecular weight excluding hydrogens is 883 g/mol. The predicted octanol–water partition coefficient (Wildman–Crippen LogP) is 11.2. The molecule has 1 saturated carbocycles. The molecule has 1 heterocycles. The maximum absolute atomic E-state index is 15.6. The molecule has 7 rings (SSSR count). The highest BCUT2D eigenvalue weighted by Gasteiger charge is 2.53. The van der Waals surface area contributed by atoms with Crippen LogP contribution in [0, 0.1) is 5.92 Å². The van der Waals surface area contributed by atoms with Crippen LogP contribution in [0.25, 0.3) is 0 Å². The second kappa shape index (κ2) is 23.4. The molecule has 0 N–H and O–H groups in total. The molecule has 1 aliphatic carbocycles. The van der Waals surface area contributed by atoms with Gasteiger partial charge in [0.1, 0.15) is 24.5 Å². The summed E-state index contributed by atoms with van der Waals surface area (Å²) in [5.41, 5.74) is 2.60. The van der Waals surface area contributed by atoms with E-state index in [1.165, 1.54) is 0 Å². The normalized spacial score (nSPS) is 16.4. The van der Waals surface area contributed by atoms with Crippen LogP contribution in [0.1, 0.15) is 107 Å². The summed E-state index contributed by atoms with van der Waals surface area (Å²) in [6, 6.07) is 37.6. The van der Waals surface area contributed by atoms with Crippen molar-refractivity contribution in [2.45, 2.75) is 108 Å². The van der Waals surface area contributed by atoms with Crippen LogP contribution in [0.4, 0.5) is 0 Å². The topological polar surface area (TPSA) is 102 Å². The molecule has 366 valence electrons. The Balaban J connectivity index is 1.24. The van der Waals surface area contributed by atoms with Crippen molar-refractivity contribution in [3.63, 3.8) is 0 Å². The Morgan fingerprint density at radius 3 is 1.91 bits per heavy atom. The summed E-state index contributed by atoms with van der Waals surface area (Å²) in [4.78, 5) is 32.3. The van der Waals surface area contributed by atoms with Gasteiger partial charge in [-0.1, -0.05) is 132 Å². The van der Waals surface area contributed by atoms with Crippen molar-refractivity contribution in [1.82, 2.24) is 4.90 Å². The second-order valence-electron chi connectivity index (χ2n) is 19.3. The smallest absolute Gasteiger partial charge is 0.329 e. The number of ether oxygens (including phenoxy) is 6. The van der Waals surface area contributed by atoms with Gasteiger partial charge >= 0.3 is 14.3 Å². The summed E-state index contributed by atoms with van der Waals surface area (Å²) < 4.78 is 43.7. The van der Waals surface area contributed by atoms with E-state index in [2.05, 4.69) is 75.9 Å². The highest BCUT2D eigenvalue weighted by molar-refractivity contribution is 7.00. The van der Waals surface area contributed by atoms with E-state index < -0.39 is 32.4 Å². The number of carbonyl (C=O) groups is 2. The molecule has 2 aliphatic rings. The van der Waals surface area contributed by atoms with Crippen molar-refractivity contribution in [3.05, 3.63) is 145 Å². The summed E-state index contributed by atoms with van der Waals surface area (Å²) in [5, 5.41) is 1.91. The van der Waals surface area contributed by atoms with Crippen LogP contribution in [0.5, 0.6) is 34.5 Å². The van der Waals surface area contributed by atoms with Gasteiger partial charge in [-0.25, -0.2) is 4.79 Å². The standard InChI is InChI=1S/C58H71NO9Si/c1-9-36-66-45-25-21-24-43(38-45)49(33-31-41-32-34-50(62-5)51(37-41)63-6)67-57(61)48-30-19-20-35-59(48)56(60)54(42-22-13-10-14-23-42)44-39-52(64-7)55(53(40-44)65-8)68-69(58(2,3)4,46-26-15-11-16-27-46)47-28-17-12-18-29-47/h9,11-12,15-18,21,24-29,32,34,37-40,42,48-49,54H,1,10,13-14,19-20,22-23,30-31,33,35-36H2,2-8H3/t48?,49?,54-/m0/s1. The van der Waals surface area contributed by atoms with E-state index in [1.807, 2.05) is 71.6 Å². The van der Waals surface area contributed by atoms with Gasteiger partial charge in [0, 0.05) is 6.54 Å². The fraction of sp³-hybridized carbons (Fsp3) is 0.414. The van der Waals surface area contributed by atoms with Gasteiger partial charge in [-0.3, -0.25) is 4.79 Å². The molecule has 69 heavy (non-hydrogen) atoms. The minimum atomic E-state index is -3.12. The van der Waals surface area contributed by atoms with Gasteiger partial charge in [0.2, 0.25) is 5.91 Å². The second-order valence-corrected chi connectivity index (χ2v) is 23.5. The van der Waals surface area contributed by atoms with Crippen molar-refractivity contribution in [3.8, 4) is 34.5 Å². The van der Waals surface area contributed by atoms with Crippen LogP contribution in [-0.4, -0.2) is 72.7 Å². The predicted molar refractivity (Wildman–Crippen MR) is 275 cm³/mol. The quantitative estimate of drug-likeness (QED) is 0.0429. The Morgan fingerprint density at radius 1 is 0.696 bits per heavy atom. The summed E-state index contributed by atoms with van der Waals surface area (Å²) in [5.74, 6) is 2.43. The van der Waals surface area contributed by atoms with Crippen LogP contribution < -0.4 is 38.5 Å². The van der Waals surface area contributed by atoms with Gasteiger partial charge < -0.3 is 37.7 Å². The van der Waals surface area contributed by atoms with Crippen LogP contribution in [0.2, 0.25) is 5.04 Å². The van der Waals surface area contributed by atoms with Crippen molar-refractivity contribution in [2.24, 2.45) is 5.92 Å². The van der Waals surface area contributed by atoms with E-state index in [9.17, 15) is 4.79 Å². The molecule has 2 fully saturated rings. The zero-order valence-electron chi connectivity index (χ0n) is 41.7. The molecule has 1 aliphatic heterocycles. The van der Waals surface area contributed by atoms with Gasteiger partial charge in [-0.15, -0.1) is 0 Å². The largest absolute Gasteiger partial charge is 0.529 e. The average molecular weight is 954 g/mol. The number of rotatable bonds is 20.